The van der Waals surface area contributed by atoms with Crippen molar-refractivity contribution in [1.82, 2.24) is 14.7 Å². The molecule has 0 saturated carbocycles. The third-order valence-corrected chi connectivity index (χ3v) is 4.82. The van der Waals surface area contributed by atoms with Gasteiger partial charge in [-0.15, -0.1) is 0 Å². The predicted octanol–water partition coefficient (Wildman–Crippen LogP) is 2.91. The lowest BCUT2D eigenvalue weighted by atomic mass is 10.0. The van der Waals surface area contributed by atoms with Gasteiger partial charge in [-0.1, -0.05) is 27.7 Å². The normalized spacial score (nSPS) is 28.9. The average molecular weight is 284 g/mol. The van der Waals surface area contributed by atoms with Crippen molar-refractivity contribution in [3.63, 3.8) is 0 Å². The van der Waals surface area contributed by atoms with E-state index < -0.39 is 0 Å². The Labute approximate surface area is 127 Å². The fourth-order valence-corrected chi connectivity index (χ4v) is 3.71. The highest BCUT2D eigenvalue weighted by Crippen LogP contribution is 2.25. The minimum Gasteiger partial charge on any atom is -0.306 e. The van der Waals surface area contributed by atoms with Crippen LogP contribution in [0.2, 0.25) is 0 Å². The zero-order chi connectivity index (χ0) is 15.0. The molecule has 3 fully saturated rings. The summed E-state index contributed by atoms with van der Waals surface area (Å²) >= 11 is 0. The molecule has 0 aromatic heterocycles. The predicted molar refractivity (Wildman–Crippen MR) is 89.4 cm³/mol. The van der Waals surface area contributed by atoms with Crippen molar-refractivity contribution < 1.29 is 0 Å². The van der Waals surface area contributed by atoms with Gasteiger partial charge in [-0.05, 0) is 52.4 Å². The molecule has 0 aromatic carbocycles. The molecule has 1 atom stereocenters. The molecule has 0 radical (unpaired) electrons. The summed E-state index contributed by atoms with van der Waals surface area (Å²) in [4.78, 5) is 7.98. The molecule has 3 heterocycles. The summed E-state index contributed by atoms with van der Waals surface area (Å²) in [6.45, 7) is 16.0. The summed E-state index contributed by atoms with van der Waals surface area (Å²) in [7, 11) is 2.26. The number of hydrogen-bond acceptors (Lipinski definition) is 3. The molecule has 1 unspecified atom stereocenters. The molecule has 0 aromatic rings. The van der Waals surface area contributed by atoms with E-state index in [9.17, 15) is 0 Å². The van der Waals surface area contributed by atoms with E-state index in [-0.39, 0.29) is 0 Å². The minimum atomic E-state index is 0.888. The Hall–Kier alpha value is -0.120. The quantitative estimate of drug-likeness (QED) is 0.732. The molecule has 3 aliphatic heterocycles. The topological polar surface area (TPSA) is 9.72 Å². The van der Waals surface area contributed by atoms with Gasteiger partial charge in [-0.3, -0.25) is 9.80 Å². The first-order chi connectivity index (χ1) is 9.83. The van der Waals surface area contributed by atoms with Crippen molar-refractivity contribution in [1.29, 1.82) is 0 Å². The monoisotopic (exact) mass is 283 g/mol. The molecule has 120 valence electrons. The zero-order valence-electron chi connectivity index (χ0n) is 14.6. The second-order valence-electron chi connectivity index (χ2n) is 5.86. The van der Waals surface area contributed by atoms with E-state index >= 15 is 0 Å². The Morgan fingerprint density at radius 3 is 1.90 bits per heavy atom. The maximum atomic E-state index is 2.79. The third kappa shape index (κ3) is 4.71. The van der Waals surface area contributed by atoms with Gasteiger partial charge < -0.3 is 4.90 Å². The lowest BCUT2D eigenvalue weighted by Gasteiger charge is -2.44. The summed E-state index contributed by atoms with van der Waals surface area (Å²) in [5, 5.41) is 0. The fraction of sp³-hybridized carbons (Fsp3) is 1.00. The summed E-state index contributed by atoms with van der Waals surface area (Å²) in [6, 6.07) is 1.78. The van der Waals surface area contributed by atoms with Crippen molar-refractivity contribution in [2.45, 2.75) is 65.5 Å². The lowest BCUT2D eigenvalue weighted by Crippen LogP contribution is -2.55. The number of piperazine rings is 1. The Morgan fingerprint density at radius 2 is 1.25 bits per heavy atom. The van der Waals surface area contributed by atoms with E-state index in [1.807, 2.05) is 27.7 Å². The molecule has 0 bridgehead atoms. The van der Waals surface area contributed by atoms with Gasteiger partial charge in [0, 0.05) is 31.7 Å². The van der Waals surface area contributed by atoms with E-state index in [4.69, 9.17) is 0 Å². The molecule has 3 rings (SSSR count). The van der Waals surface area contributed by atoms with E-state index in [0.717, 1.165) is 12.1 Å². The number of likely N-dealkylation sites (tertiary alicyclic amines) is 1. The number of fused-ring (bicyclic) bond motifs is 1. The van der Waals surface area contributed by atoms with Crippen molar-refractivity contribution in [2.75, 3.05) is 46.3 Å². The molecular weight excluding hydrogens is 246 g/mol. The van der Waals surface area contributed by atoms with Crippen LogP contribution in [0.4, 0.5) is 0 Å². The van der Waals surface area contributed by atoms with Crippen molar-refractivity contribution >= 4 is 0 Å². The summed E-state index contributed by atoms with van der Waals surface area (Å²) in [5.41, 5.74) is 0. The van der Waals surface area contributed by atoms with Crippen molar-refractivity contribution in [3.05, 3.63) is 0 Å². The summed E-state index contributed by atoms with van der Waals surface area (Å²) in [5.74, 6) is 0. The van der Waals surface area contributed by atoms with Crippen LogP contribution in [0, 0.1) is 0 Å². The highest BCUT2D eigenvalue weighted by molar-refractivity contribution is 4.90. The van der Waals surface area contributed by atoms with Crippen LogP contribution in [0.15, 0.2) is 0 Å². The second kappa shape index (κ2) is 9.75. The molecule has 0 aliphatic carbocycles. The van der Waals surface area contributed by atoms with E-state index in [2.05, 4.69) is 21.7 Å². The van der Waals surface area contributed by atoms with Crippen molar-refractivity contribution in [2.24, 2.45) is 0 Å². The van der Waals surface area contributed by atoms with Crippen LogP contribution in [0.25, 0.3) is 0 Å². The minimum absolute atomic E-state index is 0.888. The Bertz CT molecular complexity index is 236. The van der Waals surface area contributed by atoms with Gasteiger partial charge in [0.2, 0.25) is 0 Å². The fourth-order valence-electron chi connectivity index (χ4n) is 3.71. The van der Waals surface area contributed by atoms with Crippen LogP contribution in [0.3, 0.4) is 0 Å². The number of rotatable bonds is 1. The van der Waals surface area contributed by atoms with Gasteiger partial charge in [0.15, 0.2) is 0 Å². The van der Waals surface area contributed by atoms with Crippen molar-refractivity contribution in [3.8, 4) is 0 Å². The SMILES string of the molecule is CC.CC.CN1CCC(N2CCN3CCCC3C2)CC1. The van der Waals surface area contributed by atoms with Crippen LogP contribution in [-0.2, 0) is 0 Å². The Balaban J connectivity index is 0.000000461. The van der Waals surface area contributed by atoms with Crippen LogP contribution >= 0.6 is 0 Å². The Morgan fingerprint density at radius 1 is 0.650 bits per heavy atom. The first kappa shape index (κ1) is 17.9. The smallest absolute Gasteiger partial charge is 0.0224 e. The van der Waals surface area contributed by atoms with Crippen LogP contribution in [-0.4, -0.2) is 73.1 Å². The molecule has 20 heavy (non-hydrogen) atoms. The Kier molecular flexibility index (Phi) is 8.74. The molecule has 3 nitrogen and oxygen atoms in total. The second-order valence-corrected chi connectivity index (χ2v) is 5.86. The first-order valence-electron chi connectivity index (χ1n) is 8.99. The van der Waals surface area contributed by atoms with Gasteiger partial charge >= 0.3 is 0 Å². The van der Waals surface area contributed by atoms with E-state index in [0.29, 0.717) is 0 Å². The summed E-state index contributed by atoms with van der Waals surface area (Å²) in [6.07, 6.45) is 5.67. The van der Waals surface area contributed by atoms with E-state index in [1.165, 1.54) is 65.0 Å². The molecule has 0 N–H and O–H groups in total. The summed E-state index contributed by atoms with van der Waals surface area (Å²) < 4.78 is 0. The van der Waals surface area contributed by atoms with Gasteiger partial charge in [-0.25, -0.2) is 0 Å². The molecule has 3 aliphatic rings. The van der Waals surface area contributed by atoms with Gasteiger partial charge in [-0.2, -0.15) is 0 Å². The maximum absolute atomic E-state index is 2.79. The standard InChI is InChI=1S/C13H25N3.2C2H6/c1-14-7-4-12(5-8-14)16-10-9-15-6-2-3-13(15)11-16;2*1-2/h12-13H,2-11H2,1H3;2*1-2H3. The van der Waals surface area contributed by atoms with Crippen LogP contribution in [0.5, 0.6) is 0 Å². The van der Waals surface area contributed by atoms with Gasteiger partial charge in [0.25, 0.3) is 0 Å². The maximum Gasteiger partial charge on any atom is 0.0224 e. The molecular formula is C17H37N3. The average Bonchev–Trinajstić information content (AvgIpc) is 2.99. The molecule has 0 amide bonds. The van der Waals surface area contributed by atoms with Gasteiger partial charge in [0.05, 0.1) is 0 Å². The number of nitrogens with zero attached hydrogens (tertiary/aromatic N) is 3. The number of hydrogen-bond donors (Lipinski definition) is 0. The van der Waals surface area contributed by atoms with Gasteiger partial charge in [0.1, 0.15) is 0 Å². The molecule has 3 heteroatoms. The van der Waals surface area contributed by atoms with E-state index in [1.54, 1.807) is 0 Å². The highest BCUT2D eigenvalue weighted by Gasteiger charge is 2.33. The zero-order valence-corrected chi connectivity index (χ0v) is 14.6. The molecule has 0 spiro atoms. The first-order valence-corrected chi connectivity index (χ1v) is 8.99. The molecule has 3 saturated heterocycles. The lowest BCUT2D eigenvalue weighted by molar-refractivity contribution is 0.0461. The van der Waals surface area contributed by atoms with Crippen LogP contribution < -0.4 is 0 Å². The number of piperidine rings is 1. The highest BCUT2D eigenvalue weighted by atomic mass is 15.3. The van der Waals surface area contributed by atoms with Crippen LogP contribution in [0.1, 0.15) is 53.4 Å². The largest absolute Gasteiger partial charge is 0.306 e. The third-order valence-electron chi connectivity index (χ3n) is 4.82.